The van der Waals surface area contributed by atoms with E-state index in [1.807, 2.05) is 13.8 Å². The van der Waals surface area contributed by atoms with E-state index >= 15 is 0 Å². The van der Waals surface area contributed by atoms with Crippen molar-refractivity contribution in [3.63, 3.8) is 0 Å². The second-order valence-electron chi connectivity index (χ2n) is 5.45. The summed E-state index contributed by atoms with van der Waals surface area (Å²) < 4.78 is 0. The molecule has 0 aliphatic carbocycles. The fraction of sp³-hybridized carbons (Fsp3) is 0.333. The molecule has 1 aromatic carbocycles. The van der Waals surface area contributed by atoms with Crippen molar-refractivity contribution in [1.29, 1.82) is 5.26 Å². The zero-order valence-electron chi connectivity index (χ0n) is 14.2. The predicted molar refractivity (Wildman–Crippen MR) is 98.6 cm³/mol. The fourth-order valence-corrected chi connectivity index (χ4v) is 3.21. The van der Waals surface area contributed by atoms with E-state index in [4.69, 9.17) is 5.26 Å². The van der Waals surface area contributed by atoms with E-state index in [1.54, 1.807) is 24.3 Å². The highest BCUT2D eigenvalue weighted by molar-refractivity contribution is 8.00. The molecule has 6 nitrogen and oxygen atoms in total. The maximum absolute atomic E-state index is 12.6. The number of aryl methyl sites for hydroxylation is 1. The number of nitriles is 1. The number of nitrogens with zero attached hydrogens (tertiary/aromatic N) is 2. The van der Waals surface area contributed by atoms with E-state index in [0.717, 1.165) is 18.5 Å². The molecule has 1 heterocycles. The summed E-state index contributed by atoms with van der Waals surface area (Å²) in [4.78, 5) is 31.4. The first-order chi connectivity index (χ1) is 12.1. The maximum atomic E-state index is 12.6. The van der Waals surface area contributed by atoms with E-state index < -0.39 is 5.25 Å². The molecule has 0 radical (unpaired) electrons. The van der Waals surface area contributed by atoms with Crippen molar-refractivity contribution in [3.8, 4) is 6.07 Å². The third kappa shape index (κ3) is 5.19. The van der Waals surface area contributed by atoms with Crippen LogP contribution in [0.1, 0.15) is 37.9 Å². The molecule has 0 aliphatic heterocycles. The van der Waals surface area contributed by atoms with Gasteiger partial charge in [0.05, 0.1) is 16.5 Å². The molecule has 0 saturated heterocycles. The van der Waals surface area contributed by atoms with Crippen molar-refractivity contribution in [3.05, 3.63) is 51.9 Å². The number of amides is 1. The largest absolute Gasteiger partial charge is 0.324 e. The Morgan fingerprint density at radius 2 is 2.16 bits per heavy atom. The zero-order chi connectivity index (χ0) is 18.2. The third-order valence-corrected chi connectivity index (χ3v) is 4.75. The molecule has 2 rings (SSSR count). The second kappa shape index (κ2) is 9.04. The molecule has 0 saturated carbocycles. The van der Waals surface area contributed by atoms with Crippen LogP contribution in [0.3, 0.4) is 0 Å². The van der Waals surface area contributed by atoms with Crippen LogP contribution in [0.4, 0.5) is 5.69 Å². The van der Waals surface area contributed by atoms with E-state index in [1.165, 1.54) is 17.8 Å². The number of aromatic nitrogens is 2. The minimum atomic E-state index is -0.424. The van der Waals surface area contributed by atoms with Gasteiger partial charge in [-0.1, -0.05) is 44.2 Å². The van der Waals surface area contributed by atoms with E-state index in [-0.39, 0.29) is 11.5 Å². The van der Waals surface area contributed by atoms with Crippen molar-refractivity contribution >= 4 is 23.4 Å². The number of anilines is 1. The summed E-state index contributed by atoms with van der Waals surface area (Å²) in [7, 11) is 0. The zero-order valence-corrected chi connectivity index (χ0v) is 15.0. The monoisotopic (exact) mass is 356 g/mol. The van der Waals surface area contributed by atoms with Gasteiger partial charge < -0.3 is 10.3 Å². The summed E-state index contributed by atoms with van der Waals surface area (Å²) in [5.41, 5.74) is 1.40. The van der Waals surface area contributed by atoms with Crippen LogP contribution in [-0.2, 0) is 11.2 Å². The van der Waals surface area contributed by atoms with Crippen LogP contribution in [0.25, 0.3) is 0 Å². The number of benzene rings is 1. The minimum absolute atomic E-state index is 0.217. The first-order valence-corrected chi connectivity index (χ1v) is 9.02. The highest BCUT2D eigenvalue weighted by atomic mass is 32.2. The number of aromatic amines is 1. The number of H-pyrrole nitrogens is 1. The van der Waals surface area contributed by atoms with Gasteiger partial charge in [-0.05, 0) is 25.0 Å². The number of nitrogens with one attached hydrogen (secondary N) is 2. The summed E-state index contributed by atoms with van der Waals surface area (Å²) in [6.45, 7) is 3.91. The molecule has 7 heteroatoms. The summed E-state index contributed by atoms with van der Waals surface area (Å²) in [5, 5.41) is 11.9. The van der Waals surface area contributed by atoms with Crippen molar-refractivity contribution in [1.82, 2.24) is 9.97 Å². The number of carbonyl (C=O) groups is 1. The van der Waals surface area contributed by atoms with Gasteiger partial charge in [0.1, 0.15) is 6.07 Å². The molecule has 0 spiro atoms. The van der Waals surface area contributed by atoms with Gasteiger partial charge in [-0.15, -0.1) is 0 Å². The molecule has 25 heavy (non-hydrogen) atoms. The molecule has 2 aromatic rings. The molecule has 1 atom stereocenters. The van der Waals surface area contributed by atoms with Crippen LogP contribution in [0.15, 0.2) is 40.3 Å². The molecule has 1 amide bonds. The Hall–Kier alpha value is -2.59. The van der Waals surface area contributed by atoms with Crippen molar-refractivity contribution in [2.45, 2.75) is 43.5 Å². The molecule has 1 aromatic heterocycles. The fourth-order valence-electron chi connectivity index (χ4n) is 2.28. The Morgan fingerprint density at radius 1 is 1.40 bits per heavy atom. The molecule has 0 fully saturated rings. The molecule has 2 N–H and O–H groups in total. The van der Waals surface area contributed by atoms with E-state index in [9.17, 15) is 9.59 Å². The quantitative estimate of drug-likeness (QED) is 0.587. The van der Waals surface area contributed by atoms with Gasteiger partial charge in [0.25, 0.3) is 5.56 Å². The van der Waals surface area contributed by atoms with Crippen LogP contribution in [0.2, 0.25) is 0 Å². The number of thioether (sulfide) groups is 1. The number of para-hydroxylation sites is 1. The van der Waals surface area contributed by atoms with Crippen LogP contribution >= 0.6 is 11.8 Å². The molecule has 0 bridgehead atoms. The highest BCUT2D eigenvalue weighted by Gasteiger charge is 2.20. The van der Waals surface area contributed by atoms with Crippen LogP contribution in [-0.4, -0.2) is 21.1 Å². The SMILES string of the molecule is CCCc1cc(=O)[nH]c(S[C@@H](CC)C(=O)Nc2ccccc2C#N)n1. The standard InChI is InChI=1S/C18H20N4O2S/c1-3-7-13-10-16(23)22-18(20-13)25-15(4-2)17(24)21-14-9-6-5-8-12(14)11-19/h5-6,8-10,15H,3-4,7H2,1-2H3,(H,21,24)(H,20,22,23)/t15-/m0/s1. The Bertz CT molecular complexity index is 841. The van der Waals surface area contributed by atoms with Gasteiger partial charge in [-0.2, -0.15) is 5.26 Å². The third-order valence-electron chi connectivity index (χ3n) is 3.50. The molecular formula is C18H20N4O2S. The lowest BCUT2D eigenvalue weighted by Crippen LogP contribution is -2.25. The average Bonchev–Trinajstić information content (AvgIpc) is 2.60. The van der Waals surface area contributed by atoms with Gasteiger partial charge in [-0.3, -0.25) is 9.59 Å². The first kappa shape index (κ1) is 18.7. The number of hydrogen-bond acceptors (Lipinski definition) is 5. The van der Waals surface area contributed by atoms with Crippen LogP contribution in [0, 0.1) is 11.3 Å². The Labute approximate surface area is 150 Å². The average molecular weight is 356 g/mol. The Balaban J connectivity index is 2.15. The smallest absolute Gasteiger partial charge is 0.251 e. The Morgan fingerprint density at radius 3 is 2.84 bits per heavy atom. The van der Waals surface area contributed by atoms with Crippen molar-refractivity contribution < 1.29 is 4.79 Å². The summed E-state index contributed by atoms with van der Waals surface area (Å²) in [6.07, 6.45) is 2.17. The molecule has 0 aliphatic rings. The number of rotatable bonds is 7. The van der Waals surface area contributed by atoms with Gasteiger partial charge in [0.2, 0.25) is 5.91 Å². The lowest BCUT2D eigenvalue weighted by atomic mass is 10.2. The number of hydrogen-bond donors (Lipinski definition) is 2. The van der Waals surface area contributed by atoms with E-state index in [2.05, 4.69) is 21.4 Å². The lowest BCUT2D eigenvalue weighted by Gasteiger charge is -2.15. The van der Waals surface area contributed by atoms with Crippen LogP contribution in [0.5, 0.6) is 0 Å². The minimum Gasteiger partial charge on any atom is -0.324 e. The predicted octanol–water partition coefficient (Wildman–Crippen LogP) is 3.10. The Kier molecular flexibility index (Phi) is 6.78. The van der Waals surface area contributed by atoms with Crippen molar-refractivity contribution in [2.75, 3.05) is 5.32 Å². The van der Waals surface area contributed by atoms with Gasteiger partial charge in [-0.25, -0.2) is 4.98 Å². The first-order valence-electron chi connectivity index (χ1n) is 8.14. The summed E-state index contributed by atoms with van der Waals surface area (Å²) >= 11 is 1.22. The van der Waals surface area contributed by atoms with Crippen LogP contribution < -0.4 is 10.9 Å². The topological polar surface area (TPSA) is 98.6 Å². The van der Waals surface area contributed by atoms with E-state index in [0.29, 0.717) is 22.8 Å². The molecular weight excluding hydrogens is 336 g/mol. The van der Waals surface area contributed by atoms with Gasteiger partial charge >= 0.3 is 0 Å². The molecule has 0 unspecified atom stereocenters. The maximum Gasteiger partial charge on any atom is 0.251 e. The normalized spacial score (nSPS) is 11.6. The molecule has 130 valence electrons. The second-order valence-corrected chi connectivity index (χ2v) is 6.64. The number of carbonyl (C=O) groups excluding carboxylic acids is 1. The van der Waals surface area contributed by atoms with Gasteiger partial charge in [0.15, 0.2) is 5.16 Å². The highest BCUT2D eigenvalue weighted by Crippen LogP contribution is 2.24. The lowest BCUT2D eigenvalue weighted by molar-refractivity contribution is -0.115. The summed E-state index contributed by atoms with van der Waals surface area (Å²) in [6, 6.07) is 10.4. The van der Waals surface area contributed by atoms with Gasteiger partial charge in [0, 0.05) is 11.8 Å². The van der Waals surface area contributed by atoms with Crippen molar-refractivity contribution in [2.24, 2.45) is 0 Å². The summed E-state index contributed by atoms with van der Waals surface area (Å²) in [5.74, 6) is -0.223.